The molecule has 254 valence electrons. The van der Waals surface area contributed by atoms with Gasteiger partial charge in [0.05, 0.1) is 0 Å². The predicted molar refractivity (Wildman–Crippen MR) is 225 cm³/mol. The summed E-state index contributed by atoms with van der Waals surface area (Å²) in [6, 6.07) is 54.3. The molecule has 2 nitrogen and oxygen atoms in total. The van der Waals surface area contributed by atoms with Gasteiger partial charge in [-0.15, -0.1) is 11.3 Å². The van der Waals surface area contributed by atoms with Crippen molar-refractivity contribution in [2.45, 2.75) is 47.0 Å². The van der Waals surface area contributed by atoms with Crippen LogP contribution in [0.3, 0.4) is 0 Å². The third kappa shape index (κ3) is 5.31. The Balaban J connectivity index is 1.17. The average molecular weight is 691 g/mol. The van der Waals surface area contributed by atoms with Crippen LogP contribution >= 0.6 is 11.3 Å². The van der Waals surface area contributed by atoms with E-state index in [1.165, 1.54) is 76.1 Å². The number of anilines is 6. The van der Waals surface area contributed by atoms with E-state index in [4.69, 9.17) is 0 Å². The lowest BCUT2D eigenvalue weighted by Crippen LogP contribution is -2.16. The molecule has 1 aliphatic rings. The lowest BCUT2D eigenvalue weighted by Gasteiger charge is -2.28. The fraction of sp³-hybridized carbons (Fsp3) is 0.143. The number of hydrogen-bond acceptors (Lipinski definition) is 3. The van der Waals surface area contributed by atoms with Gasteiger partial charge >= 0.3 is 0 Å². The molecular weight excluding hydrogens is 649 g/mol. The first-order valence-corrected chi connectivity index (χ1v) is 19.0. The van der Waals surface area contributed by atoms with Crippen LogP contribution in [0.5, 0.6) is 0 Å². The number of aryl methyl sites for hydroxylation is 4. The summed E-state index contributed by atoms with van der Waals surface area (Å²) in [4.78, 5) is 4.77. The Kier molecular flexibility index (Phi) is 7.60. The molecule has 1 heterocycles. The highest BCUT2D eigenvalue weighted by Crippen LogP contribution is 2.55. The van der Waals surface area contributed by atoms with Crippen LogP contribution in [0.15, 0.2) is 146 Å². The molecule has 0 saturated heterocycles. The minimum absolute atomic E-state index is 0.175. The molecule has 1 aliphatic carbocycles. The molecule has 0 N–H and O–H groups in total. The second-order valence-electron chi connectivity index (χ2n) is 15.0. The molecule has 0 amide bonds. The van der Waals surface area contributed by atoms with Gasteiger partial charge in [-0.1, -0.05) is 109 Å². The molecule has 0 atom stereocenters. The van der Waals surface area contributed by atoms with Gasteiger partial charge in [-0.05, 0) is 123 Å². The van der Waals surface area contributed by atoms with Crippen LogP contribution in [0.1, 0.15) is 47.2 Å². The first-order valence-electron chi connectivity index (χ1n) is 18.2. The summed E-state index contributed by atoms with van der Waals surface area (Å²) in [6.45, 7) is 13.4. The predicted octanol–water partition coefficient (Wildman–Crippen LogP) is 14.5. The fourth-order valence-corrected chi connectivity index (χ4v) is 9.48. The van der Waals surface area contributed by atoms with E-state index < -0.39 is 0 Å². The molecule has 0 aliphatic heterocycles. The second kappa shape index (κ2) is 12.3. The molecule has 0 spiro atoms. The monoisotopic (exact) mass is 690 g/mol. The van der Waals surface area contributed by atoms with Gasteiger partial charge in [0, 0.05) is 59.7 Å². The van der Waals surface area contributed by atoms with Crippen molar-refractivity contribution in [3.05, 3.63) is 179 Å². The average Bonchev–Trinajstić information content (AvgIpc) is 3.63. The van der Waals surface area contributed by atoms with E-state index in [-0.39, 0.29) is 5.41 Å². The lowest BCUT2D eigenvalue weighted by atomic mass is 9.81. The summed E-state index contributed by atoms with van der Waals surface area (Å²) in [5, 5.41) is 2.65. The van der Waals surface area contributed by atoms with Gasteiger partial charge in [0.2, 0.25) is 0 Å². The molecule has 0 saturated carbocycles. The highest BCUT2D eigenvalue weighted by atomic mass is 32.1. The number of thiophene rings is 1. The molecule has 8 aromatic rings. The minimum Gasteiger partial charge on any atom is -0.310 e. The number of fused-ring (bicyclic) bond motifs is 7. The molecule has 3 heteroatoms. The molecule has 1 aromatic heterocycles. The zero-order valence-corrected chi connectivity index (χ0v) is 31.5. The molecule has 9 rings (SSSR count). The van der Waals surface area contributed by atoms with E-state index in [2.05, 4.69) is 197 Å². The van der Waals surface area contributed by atoms with Crippen LogP contribution in [0.4, 0.5) is 34.1 Å². The molecule has 52 heavy (non-hydrogen) atoms. The van der Waals surface area contributed by atoms with Crippen LogP contribution in [-0.2, 0) is 5.41 Å². The fourth-order valence-electron chi connectivity index (χ4n) is 8.04. The quantitative estimate of drug-likeness (QED) is 0.171. The number of nitrogens with zero attached hydrogens (tertiary/aromatic N) is 2. The largest absolute Gasteiger partial charge is 0.310 e. The van der Waals surface area contributed by atoms with Crippen LogP contribution in [0.25, 0.3) is 31.3 Å². The van der Waals surface area contributed by atoms with Crippen molar-refractivity contribution >= 4 is 65.6 Å². The Morgan fingerprint density at radius 2 is 0.788 bits per heavy atom. The summed E-state index contributed by atoms with van der Waals surface area (Å²) < 4.78 is 2.70. The SMILES string of the molecule is Cc1ccc(N(c2ccc(C)cc2)c2ccc3c(c2)C(C)(C)c2c-3ccc3c2sc2cc(N(c4ccc(C)cc4)c4ccc(C)cc4)ccc23)cc1. The Bertz CT molecular complexity index is 2520. The summed E-state index contributed by atoms with van der Waals surface area (Å²) in [7, 11) is 0. The topological polar surface area (TPSA) is 6.48 Å². The summed E-state index contributed by atoms with van der Waals surface area (Å²) >= 11 is 1.94. The maximum absolute atomic E-state index is 2.44. The zero-order chi connectivity index (χ0) is 35.7. The Labute approximate surface area is 311 Å². The third-order valence-corrected chi connectivity index (χ3v) is 12.1. The number of hydrogen-bond donors (Lipinski definition) is 0. The smallest absolute Gasteiger partial charge is 0.0476 e. The highest BCUT2D eigenvalue weighted by Gasteiger charge is 2.38. The van der Waals surface area contributed by atoms with Gasteiger partial charge in [-0.3, -0.25) is 0 Å². The first-order chi connectivity index (χ1) is 25.2. The van der Waals surface area contributed by atoms with Crippen LogP contribution in [-0.4, -0.2) is 0 Å². The highest BCUT2D eigenvalue weighted by molar-refractivity contribution is 7.26. The number of rotatable bonds is 6. The van der Waals surface area contributed by atoms with Crippen molar-refractivity contribution in [2.75, 3.05) is 9.80 Å². The lowest BCUT2D eigenvalue weighted by molar-refractivity contribution is 0.667. The Morgan fingerprint density at radius 1 is 0.404 bits per heavy atom. The molecule has 0 bridgehead atoms. The van der Waals surface area contributed by atoms with E-state index >= 15 is 0 Å². The molecule has 7 aromatic carbocycles. The Morgan fingerprint density at radius 3 is 1.27 bits per heavy atom. The van der Waals surface area contributed by atoms with E-state index in [1.807, 2.05) is 11.3 Å². The van der Waals surface area contributed by atoms with E-state index in [0.29, 0.717) is 0 Å². The van der Waals surface area contributed by atoms with Crippen molar-refractivity contribution in [3.63, 3.8) is 0 Å². The van der Waals surface area contributed by atoms with Gasteiger partial charge < -0.3 is 9.80 Å². The van der Waals surface area contributed by atoms with Crippen molar-refractivity contribution < 1.29 is 0 Å². The van der Waals surface area contributed by atoms with E-state index in [9.17, 15) is 0 Å². The van der Waals surface area contributed by atoms with Gasteiger partial charge in [0.25, 0.3) is 0 Å². The summed E-state index contributed by atoms with van der Waals surface area (Å²) in [5.41, 5.74) is 17.4. The maximum atomic E-state index is 2.44. The standard InChI is InChI=1S/C49H42N2S/c1-31-7-15-35(16-8-31)50(36-17-9-32(2)10-18-36)39-23-25-41-43-27-28-44-42-26-24-40(30-46(42)52-48(44)47(43)49(5,6)45(41)29-39)51(37-19-11-33(3)12-20-37)38-21-13-34(4)14-22-38/h7-30H,1-6H3. The van der Waals surface area contributed by atoms with Crippen LogP contribution < -0.4 is 9.80 Å². The summed E-state index contributed by atoms with van der Waals surface area (Å²) in [5.74, 6) is 0. The second-order valence-corrected chi connectivity index (χ2v) is 16.1. The Hall–Kier alpha value is -5.64. The van der Waals surface area contributed by atoms with Crippen LogP contribution in [0.2, 0.25) is 0 Å². The van der Waals surface area contributed by atoms with E-state index in [1.54, 1.807) is 0 Å². The van der Waals surface area contributed by atoms with Gasteiger partial charge in [0.15, 0.2) is 0 Å². The minimum atomic E-state index is -0.175. The first kappa shape index (κ1) is 32.3. The van der Waals surface area contributed by atoms with Crippen LogP contribution in [0, 0.1) is 27.7 Å². The van der Waals surface area contributed by atoms with Gasteiger partial charge in [-0.25, -0.2) is 0 Å². The van der Waals surface area contributed by atoms with E-state index in [0.717, 1.165) is 22.7 Å². The van der Waals surface area contributed by atoms with Crippen molar-refractivity contribution in [1.29, 1.82) is 0 Å². The van der Waals surface area contributed by atoms with Crippen molar-refractivity contribution in [3.8, 4) is 11.1 Å². The summed E-state index contributed by atoms with van der Waals surface area (Å²) in [6.07, 6.45) is 0. The zero-order valence-electron chi connectivity index (χ0n) is 30.7. The maximum Gasteiger partial charge on any atom is 0.0476 e. The van der Waals surface area contributed by atoms with Crippen molar-refractivity contribution in [2.24, 2.45) is 0 Å². The third-order valence-electron chi connectivity index (χ3n) is 10.9. The van der Waals surface area contributed by atoms with Crippen molar-refractivity contribution in [1.82, 2.24) is 0 Å². The molecular formula is C49H42N2S. The molecule has 0 unspecified atom stereocenters. The normalized spacial score (nSPS) is 13.0. The molecule has 0 fully saturated rings. The van der Waals surface area contributed by atoms with Gasteiger partial charge in [-0.2, -0.15) is 0 Å². The number of benzene rings is 7. The van der Waals surface area contributed by atoms with Gasteiger partial charge in [0.1, 0.15) is 0 Å². The molecule has 0 radical (unpaired) electrons.